The highest BCUT2D eigenvalue weighted by molar-refractivity contribution is 7.89. The van der Waals surface area contributed by atoms with Crippen LogP contribution in [0, 0.1) is 5.92 Å². The van der Waals surface area contributed by atoms with Gasteiger partial charge in [0.1, 0.15) is 12.1 Å². The van der Waals surface area contributed by atoms with E-state index in [0.29, 0.717) is 37.1 Å². The normalized spacial score (nSPS) is 20.6. The predicted molar refractivity (Wildman–Crippen MR) is 138 cm³/mol. The Kier molecular flexibility index (Phi) is 10.2. The zero-order valence-corrected chi connectivity index (χ0v) is 23.3. The molecule has 36 heavy (non-hydrogen) atoms. The van der Waals surface area contributed by atoms with Gasteiger partial charge in [-0.15, -0.1) is 11.3 Å². The maximum atomic E-state index is 13.7. The van der Waals surface area contributed by atoms with Crippen molar-refractivity contribution in [1.82, 2.24) is 19.4 Å². The predicted octanol–water partition coefficient (Wildman–Crippen LogP) is 1.20. The number of hydrogen-bond donors (Lipinski definition) is 1. The summed E-state index contributed by atoms with van der Waals surface area (Å²) < 4.78 is 33.7. The third-order valence-corrected chi connectivity index (χ3v) is 9.93. The van der Waals surface area contributed by atoms with Crippen molar-refractivity contribution in [2.45, 2.75) is 45.2 Å². The Labute approximate surface area is 221 Å². The Balaban J connectivity index is 1.83. The maximum absolute atomic E-state index is 13.7. The first-order chi connectivity index (χ1) is 17.1. The minimum Gasteiger partial charge on any atom is -0.378 e. The molecule has 0 aliphatic carbocycles. The number of likely N-dealkylation sites (tertiary alicyclic amines) is 1. The fourth-order valence-corrected chi connectivity index (χ4v) is 7.39. The molecule has 0 radical (unpaired) electrons. The van der Waals surface area contributed by atoms with Gasteiger partial charge in [0.25, 0.3) is 0 Å². The minimum atomic E-state index is -3.97. The Bertz CT molecular complexity index is 1040. The van der Waals surface area contributed by atoms with Gasteiger partial charge in [0, 0.05) is 31.6 Å². The summed E-state index contributed by atoms with van der Waals surface area (Å²) in [6.07, 6.45) is 1.11. The van der Waals surface area contributed by atoms with Crippen molar-refractivity contribution < 1.29 is 27.5 Å². The number of ether oxygens (including phenoxy) is 1. The van der Waals surface area contributed by atoms with Crippen LogP contribution in [0.2, 0.25) is 4.34 Å². The van der Waals surface area contributed by atoms with Crippen molar-refractivity contribution in [3.63, 3.8) is 0 Å². The second-order valence-electron chi connectivity index (χ2n) is 9.09. The Morgan fingerprint density at radius 2 is 1.97 bits per heavy atom. The Morgan fingerprint density at radius 1 is 1.28 bits per heavy atom. The molecule has 2 saturated heterocycles. The summed E-state index contributed by atoms with van der Waals surface area (Å²) in [5.74, 6) is -1.46. The Hall–Kier alpha value is -1.73. The molecular formula is C23H35ClN4O6S2. The number of carbonyl (C=O) groups is 3. The number of likely N-dealkylation sites (N-methyl/N-ethyl adjacent to an activating group) is 1. The lowest BCUT2D eigenvalue weighted by Gasteiger charge is -2.37. The highest BCUT2D eigenvalue weighted by atomic mass is 35.5. The molecule has 0 unspecified atom stereocenters. The fraction of sp³-hybridized carbons (Fsp3) is 0.696. The van der Waals surface area contributed by atoms with Gasteiger partial charge in [-0.2, -0.15) is 4.31 Å². The monoisotopic (exact) mass is 562 g/mol. The number of thiophene rings is 1. The largest absolute Gasteiger partial charge is 0.378 e. The molecule has 10 nitrogen and oxygen atoms in total. The highest BCUT2D eigenvalue weighted by Gasteiger charge is 2.47. The number of halogens is 1. The van der Waals surface area contributed by atoms with Gasteiger partial charge in [-0.3, -0.25) is 14.4 Å². The van der Waals surface area contributed by atoms with Crippen LogP contribution in [0.4, 0.5) is 0 Å². The fourth-order valence-electron chi connectivity index (χ4n) is 4.56. The van der Waals surface area contributed by atoms with Gasteiger partial charge in [-0.25, -0.2) is 8.42 Å². The van der Waals surface area contributed by atoms with E-state index in [4.69, 9.17) is 16.3 Å². The van der Waals surface area contributed by atoms with Crippen LogP contribution in [-0.2, 0) is 35.6 Å². The van der Waals surface area contributed by atoms with E-state index in [1.165, 1.54) is 23.3 Å². The quantitative estimate of drug-likeness (QED) is 0.433. The second kappa shape index (κ2) is 12.7. The van der Waals surface area contributed by atoms with Gasteiger partial charge in [0.05, 0.1) is 29.8 Å². The first-order valence-electron chi connectivity index (χ1n) is 12.2. The second-order valence-corrected chi connectivity index (χ2v) is 12.9. The molecule has 1 aromatic rings. The number of aryl methyl sites for hydroxylation is 1. The van der Waals surface area contributed by atoms with Crippen LogP contribution in [0.1, 0.15) is 31.6 Å². The van der Waals surface area contributed by atoms with E-state index >= 15 is 0 Å². The van der Waals surface area contributed by atoms with Crippen molar-refractivity contribution >= 4 is 50.7 Å². The van der Waals surface area contributed by atoms with Gasteiger partial charge in [-0.05, 0) is 30.9 Å². The van der Waals surface area contributed by atoms with E-state index in [1.807, 2.05) is 13.8 Å². The van der Waals surface area contributed by atoms with Gasteiger partial charge in [0.2, 0.25) is 27.7 Å². The van der Waals surface area contributed by atoms with E-state index in [2.05, 4.69) is 5.32 Å². The molecule has 3 atom stereocenters. The first-order valence-corrected chi connectivity index (χ1v) is 15.0. The zero-order valence-electron chi connectivity index (χ0n) is 20.9. The van der Waals surface area contributed by atoms with Crippen molar-refractivity contribution in [1.29, 1.82) is 0 Å². The van der Waals surface area contributed by atoms with Crippen molar-refractivity contribution in [2.75, 3.05) is 52.2 Å². The smallest absolute Gasteiger partial charge is 0.245 e. The number of morpholine rings is 1. The summed E-state index contributed by atoms with van der Waals surface area (Å²) in [5, 5.41) is 2.45. The molecule has 202 valence electrons. The lowest BCUT2D eigenvalue weighted by Crippen LogP contribution is -2.56. The molecule has 2 aliphatic rings. The van der Waals surface area contributed by atoms with Crippen LogP contribution < -0.4 is 5.32 Å². The van der Waals surface area contributed by atoms with Crippen LogP contribution in [0.5, 0.6) is 0 Å². The standard InChI is InChI=1S/C23H35ClN4O6S2/c1-4-16(2)21(23(31)26-10-12-34-13-11-26)27-9-7-18(22(27)30)28(15-20(29)25-3)36(32,33)14-8-17-5-6-19(24)35-17/h5-6,16,18,21H,4,7-15H2,1-3H3,(H,25,29)/t16-,18-,21-/m0/s1. The number of carbonyl (C=O) groups excluding carboxylic acids is 3. The molecule has 1 N–H and O–H groups in total. The van der Waals surface area contributed by atoms with Gasteiger partial charge < -0.3 is 19.9 Å². The molecule has 3 amide bonds. The number of rotatable bonds is 11. The number of sulfonamides is 1. The Morgan fingerprint density at radius 3 is 2.56 bits per heavy atom. The van der Waals surface area contributed by atoms with Crippen LogP contribution in [0.3, 0.4) is 0 Å². The van der Waals surface area contributed by atoms with E-state index < -0.39 is 40.5 Å². The summed E-state index contributed by atoms with van der Waals surface area (Å²) in [7, 11) is -2.55. The summed E-state index contributed by atoms with van der Waals surface area (Å²) >= 11 is 7.26. The van der Waals surface area contributed by atoms with Crippen molar-refractivity contribution in [3.8, 4) is 0 Å². The van der Waals surface area contributed by atoms with Crippen molar-refractivity contribution in [2.24, 2.45) is 5.92 Å². The van der Waals surface area contributed by atoms with Crippen LogP contribution in [0.25, 0.3) is 0 Å². The third-order valence-electron chi connectivity index (χ3n) is 6.82. The van der Waals surface area contributed by atoms with Gasteiger partial charge in [-0.1, -0.05) is 31.9 Å². The number of nitrogens with one attached hydrogen (secondary N) is 1. The maximum Gasteiger partial charge on any atom is 0.245 e. The molecule has 3 rings (SSSR count). The first kappa shape index (κ1) is 28.8. The van der Waals surface area contributed by atoms with Gasteiger partial charge >= 0.3 is 0 Å². The zero-order chi connectivity index (χ0) is 26.5. The van der Waals surface area contributed by atoms with E-state index in [1.54, 1.807) is 17.0 Å². The molecular weight excluding hydrogens is 528 g/mol. The molecule has 0 spiro atoms. The van der Waals surface area contributed by atoms with E-state index in [9.17, 15) is 22.8 Å². The average molecular weight is 563 g/mol. The molecule has 0 saturated carbocycles. The van der Waals surface area contributed by atoms with Crippen LogP contribution >= 0.6 is 22.9 Å². The van der Waals surface area contributed by atoms with Crippen LogP contribution in [0.15, 0.2) is 12.1 Å². The minimum absolute atomic E-state index is 0.115. The molecule has 2 fully saturated rings. The van der Waals surface area contributed by atoms with Gasteiger partial charge in [0.15, 0.2) is 0 Å². The van der Waals surface area contributed by atoms with E-state index in [-0.39, 0.29) is 37.0 Å². The lowest BCUT2D eigenvalue weighted by molar-refractivity contribution is -0.149. The average Bonchev–Trinajstić information content (AvgIpc) is 3.46. The molecule has 0 bridgehead atoms. The number of hydrogen-bond acceptors (Lipinski definition) is 7. The summed E-state index contributed by atoms with van der Waals surface area (Å²) in [6, 6.07) is 1.74. The summed E-state index contributed by atoms with van der Waals surface area (Å²) in [4.78, 5) is 43.4. The molecule has 13 heteroatoms. The molecule has 2 aliphatic heterocycles. The summed E-state index contributed by atoms with van der Waals surface area (Å²) in [6.45, 7) is 5.49. The number of nitrogens with zero attached hydrogens (tertiary/aromatic N) is 3. The SMILES string of the molecule is CC[C@H](C)[C@@H](C(=O)N1CCOCC1)N1CC[C@H](N(CC(=O)NC)S(=O)(=O)CCc2ccc(Cl)s2)C1=O. The summed E-state index contributed by atoms with van der Waals surface area (Å²) in [5.41, 5.74) is 0. The molecule has 0 aromatic carbocycles. The third kappa shape index (κ3) is 6.77. The topological polar surface area (TPSA) is 116 Å². The van der Waals surface area contributed by atoms with Crippen molar-refractivity contribution in [3.05, 3.63) is 21.3 Å². The number of amides is 3. The molecule has 3 heterocycles. The van der Waals surface area contributed by atoms with Crippen LogP contribution in [-0.4, -0.2) is 105 Å². The lowest BCUT2D eigenvalue weighted by atomic mass is 9.96. The molecule has 1 aromatic heterocycles. The van der Waals surface area contributed by atoms with E-state index in [0.717, 1.165) is 9.18 Å². The highest BCUT2D eigenvalue weighted by Crippen LogP contribution is 2.28.